The van der Waals surface area contributed by atoms with Crippen molar-refractivity contribution in [1.82, 2.24) is 9.47 Å². The zero-order chi connectivity index (χ0) is 18.5. The van der Waals surface area contributed by atoms with E-state index in [9.17, 15) is 4.79 Å². The molecule has 0 bridgehead atoms. The highest BCUT2D eigenvalue weighted by atomic mass is 16.5. The van der Waals surface area contributed by atoms with Crippen LogP contribution in [-0.4, -0.2) is 42.0 Å². The molecule has 0 saturated carbocycles. The average molecular weight is 354 g/mol. The first-order valence-corrected chi connectivity index (χ1v) is 9.63. The Labute approximate surface area is 156 Å². The number of methoxy groups -OCH3 is 1. The molecule has 1 aliphatic rings. The van der Waals surface area contributed by atoms with E-state index in [0.29, 0.717) is 6.54 Å². The van der Waals surface area contributed by atoms with Gasteiger partial charge in [-0.2, -0.15) is 0 Å². The van der Waals surface area contributed by atoms with Crippen molar-refractivity contribution in [3.8, 4) is 5.75 Å². The maximum absolute atomic E-state index is 12.9. The van der Waals surface area contributed by atoms with E-state index < -0.39 is 0 Å². The maximum atomic E-state index is 12.9. The fourth-order valence-corrected chi connectivity index (χ4v) is 3.77. The minimum absolute atomic E-state index is 0.244. The smallest absolute Gasteiger partial charge is 0.193 e. The van der Waals surface area contributed by atoms with E-state index in [1.165, 1.54) is 36.1 Å². The number of aromatic nitrogens is 1. The topological polar surface area (TPSA) is 34.5 Å². The van der Waals surface area contributed by atoms with E-state index in [-0.39, 0.29) is 5.78 Å². The predicted molar refractivity (Wildman–Crippen MR) is 105 cm³/mol. The summed E-state index contributed by atoms with van der Waals surface area (Å²) >= 11 is 0. The molecule has 0 N–H and O–H groups in total. The van der Waals surface area contributed by atoms with Crippen molar-refractivity contribution in [3.05, 3.63) is 52.8 Å². The second-order valence-corrected chi connectivity index (χ2v) is 7.31. The van der Waals surface area contributed by atoms with Gasteiger partial charge in [0.1, 0.15) is 5.75 Å². The number of rotatable bonds is 7. The lowest BCUT2D eigenvalue weighted by atomic mass is 10.1. The minimum Gasteiger partial charge on any atom is -0.497 e. The second-order valence-electron chi connectivity index (χ2n) is 7.31. The second kappa shape index (κ2) is 8.54. The number of aryl methyl sites for hydroxylation is 2. The van der Waals surface area contributed by atoms with Gasteiger partial charge in [0.05, 0.1) is 19.3 Å². The van der Waals surface area contributed by atoms with Crippen molar-refractivity contribution in [2.24, 2.45) is 0 Å². The molecule has 4 nitrogen and oxygen atoms in total. The van der Waals surface area contributed by atoms with Gasteiger partial charge >= 0.3 is 0 Å². The number of piperidine rings is 1. The highest BCUT2D eigenvalue weighted by Crippen LogP contribution is 2.19. The van der Waals surface area contributed by atoms with Crippen LogP contribution in [0.4, 0.5) is 0 Å². The molecule has 0 spiro atoms. The molecule has 140 valence electrons. The molecule has 1 saturated heterocycles. The van der Waals surface area contributed by atoms with Gasteiger partial charge < -0.3 is 9.30 Å². The molecule has 1 fully saturated rings. The van der Waals surface area contributed by atoms with Crippen LogP contribution in [0.2, 0.25) is 0 Å². The van der Waals surface area contributed by atoms with Gasteiger partial charge in [-0.15, -0.1) is 0 Å². The van der Waals surface area contributed by atoms with Gasteiger partial charge in [-0.1, -0.05) is 18.6 Å². The first kappa shape index (κ1) is 18.7. The molecule has 0 atom stereocenters. The summed E-state index contributed by atoms with van der Waals surface area (Å²) in [4.78, 5) is 15.2. The Morgan fingerprint density at radius 2 is 1.88 bits per heavy atom. The van der Waals surface area contributed by atoms with Crippen molar-refractivity contribution < 1.29 is 9.53 Å². The number of hydrogen-bond acceptors (Lipinski definition) is 3. The van der Waals surface area contributed by atoms with Gasteiger partial charge in [0.2, 0.25) is 0 Å². The van der Waals surface area contributed by atoms with Crippen molar-refractivity contribution in [1.29, 1.82) is 0 Å². The van der Waals surface area contributed by atoms with Crippen molar-refractivity contribution in [3.63, 3.8) is 0 Å². The SMILES string of the molecule is COc1cccc(CCn2c(C(=O)CN3CCCCC3)cc(C)c2C)c1. The van der Waals surface area contributed by atoms with Gasteiger partial charge in [-0.05, 0) is 75.5 Å². The summed E-state index contributed by atoms with van der Waals surface area (Å²) in [5.41, 5.74) is 4.46. The van der Waals surface area contributed by atoms with Crippen molar-refractivity contribution >= 4 is 5.78 Å². The molecule has 3 rings (SSSR count). The van der Waals surface area contributed by atoms with Crippen molar-refractivity contribution in [2.75, 3.05) is 26.7 Å². The fourth-order valence-electron chi connectivity index (χ4n) is 3.77. The Morgan fingerprint density at radius 3 is 2.62 bits per heavy atom. The lowest BCUT2D eigenvalue weighted by Crippen LogP contribution is -2.35. The first-order chi connectivity index (χ1) is 12.6. The summed E-state index contributed by atoms with van der Waals surface area (Å²) in [6.07, 6.45) is 4.60. The monoisotopic (exact) mass is 354 g/mol. The van der Waals surface area contributed by atoms with Crippen LogP contribution in [0.5, 0.6) is 5.75 Å². The Hall–Kier alpha value is -2.07. The third kappa shape index (κ3) is 4.36. The Morgan fingerprint density at radius 1 is 1.12 bits per heavy atom. The number of Topliss-reactive ketones (excluding diaryl/α,β-unsaturated/α-hetero) is 1. The highest BCUT2D eigenvalue weighted by Gasteiger charge is 2.20. The summed E-state index contributed by atoms with van der Waals surface area (Å²) < 4.78 is 7.51. The number of nitrogens with zero attached hydrogens (tertiary/aromatic N) is 2. The molecule has 0 unspecified atom stereocenters. The summed E-state index contributed by atoms with van der Waals surface area (Å²) in [6, 6.07) is 10.2. The lowest BCUT2D eigenvalue weighted by molar-refractivity contribution is 0.0906. The third-order valence-corrected chi connectivity index (χ3v) is 5.48. The first-order valence-electron chi connectivity index (χ1n) is 9.63. The molecule has 1 aromatic heterocycles. The molecule has 1 aromatic carbocycles. The number of likely N-dealkylation sites (tertiary alicyclic amines) is 1. The summed E-state index contributed by atoms with van der Waals surface area (Å²) in [6.45, 7) is 7.66. The van der Waals surface area contributed by atoms with Gasteiger partial charge in [-0.3, -0.25) is 9.69 Å². The quantitative estimate of drug-likeness (QED) is 0.704. The zero-order valence-corrected chi connectivity index (χ0v) is 16.3. The van der Waals surface area contributed by atoms with Crippen LogP contribution in [-0.2, 0) is 13.0 Å². The van der Waals surface area contributed by atoms with Gasteiger partial charge in [0, 0.05) is 12.2 Å². The third-order valence-electron chi connectivity index (χ3n) is 5.48. The van der Waals surface area contributed by atoms with Gasteiger partial charge in [-0.25, -0.2) is 0 Å². The number of carbonyl (C=O) groups is 1. The normalized spacial score (nSPS) is 15.2. The van der Waals surface area contributed by atoms with E-state index in [4.69, 9.17) is 4.74 Å². The van der Waals surface area contributed by atoms with E-state index >= 15 is 0 Å². The molecule has 2 aromatic rings. The van der Waals surface area contributed by atoms with Crippen LogP contribution in [0.3, 0.4) is 0 Å². The van der Waals surface area contributed by atoms with E-state index in [1.807, 2.05) is 12.1 Å². The minimum atomic E-state index is 0.244. The molecule has 0 aliphatic carbocycles. The fraction of sp³-hybridized carbons (Fsp3) is 0.500. The van der Waals surface area contributed by atoms with Crippen LogP contribution < -0.4 is 4.74 Å². The Balaban J connectivity index is 1.72. The van der Waals surface area contributed by atoms with E-state index in [1.54, 1.807) is 7.11 Å². The summed E-state index contributed by atoms with van der Waals surface area (Å²) in [7, 11) is 1.69. The van der Waals surface area contributed by atoms with E-state index in [2.05, 4.69) is 41.5 Å². The summed E-state index contributed by atoms with van der Waals surface area (Å²) in [5, 5.41) is 0. The van der Waals surface area contributed by atoms with Crippen LogP contribution >= 0.6 is 0 Å². The number of carbonyl (C=O) groups excluding carboxylic acids is 1. The number of ether oxygens (including phenoxy) is 1. The zero-order valence-electron chi connectivity index (χ0n) is 16.3. The Bertz CT molecular complexity index is 757. The van der Waals surface area contributed by atoms with Crippen LogP contribution in [0.25, 0.3) is 0 Å². The maximum Gasteiger partial charge on any atom is 0.193 e. The largest absolute Gasteiger partial charge is 0.497 e. The standard InChI is InChI=1S/C22H30N2O2/c1-17-14-21(22(25)16-23-11-5-4-6-12-23)24(18(17)2)13-10-19-8-7-9-20(15-19)26-3/h7-9,14-15H,4-6,10-13,16H2,1-3H3. The molecule has 4 heteroatoms. The Kier molecular flexibility index (Phi) is 6.15. The number of ketones is 1. The molecule has 26 heavy (non-hydrogen) atoms. The van der Waals surface area contributed by atoms with Crippen molar-refractivity contribution in [2.45, 2.75) is 46.1 Å². The lowest BCUT2D eigenvalue weighted by Gasteiger charge is -2.25. The molecule has 0 radical (unpaired) electrons. The van der Waals surface area contributed by atoms with E-state index in [0.717, 1.165) is 37.5 Å². The summed E-state index contributed by atoms with van der Waals surface area (Å²) in [5.74, 6) is 1.12. The van der Waals surface area contributed by atoms with Crippen LogP contribution in [0, 0.1) is 13.8 Å². The average Bonchev–Trinajstić information content (AvgIpc) is 2.95. The van der Waals surface area contributed by atoms with Gasteiger partial charge in [0.15, 0.2) is 5.78 Å². The predicted octanol–water partition coefficient (Wildman–Crippen LogP) is 4.02. The molecule has 1 aliphatic heterocycles. The van der Waals surface area contributed by atoms with Crippen LogP contribution in [0.15, 0.2) is 30.3 Å². The molecular formula is C22H30N2O2. The number of hydrogen-bond donors (Lipinski definition) is 0. The van der Waals surface area contributed by atoms with Gasteiger partial charge in [0.25, 0.3) is 0 Å². The van der Waals surface area contributed by atoms with Crippen LogP contribution in [0.1, 0.15) is 46.6 Å². The molecule has 0 amide bonds. The highest BCUT2D eigenvalue weighted by molar-refractivity contribution is 5.96. The number of benzene rings is 1. The molecule has 2 heterocycles. The molecular weight excluding hydrogens is 324 g/mol.